The molecule has 19 heavy (non-hydrogen) atoms. The number of nitrogens with one attached hydrogen (secondary N) is 1. The van der Waals surface area contributed by atoms with E-state index in [1.165, 1.54) is 12.8 Å². The highest BCUT2D eigenvalue weighted by Gasteiger charge is 2.27. The highest BCUT2D eigenvalue weighted by Crippen LogP contribution is 2.29. The summed E-state index contributed by atoms with van der Waals surface area (Å²) in [6.45, 7) is 3.19. The van der Waals surface area contributed by atoms with Crippen LogP contribution in [-0.2, 0) is 0 Å². The maximum absolute atomic E-state index is 9.27. The van der Waals surface area contributed by atoms with Crippen molar-refractivity contribution in [1.82, 2.24) is 15.5 Å². The molecule has 1 aromatic heterocycles. The van der Waals surface area contributed by atoms with Crippen LogP contribution in [0.5, 0.6) is 5.75 Å². The molecule has 2 heterocycles. The SMILES string of the molecule is CC1CCCNC1c1nc(-c2ccc(O)cc2)no1. The number of nitrogens with zero attached hydrogens (tertiary/aromatic N) is 2. The van der Waals surface area contributed by atoms with Gasteiger partial charge < -0.3 is 14.9 Å². The highest BCUT2D eigenvalue weighted by atomic mass is 16.5. The van der Waals surface area contributed by atoms with Crippen LogP contribution in [0.4, 0.5) is 0 Å². The van der Waals surface area contributed by atoms with Crippen molar-refractivity contribution in [2.24, 2.45) is 5.92 Å². The minimum absolute atomic E-state index is 0.145. The fourth-order valence-electron chi connectivity index (χ4n) is 2.47. The predicted molar refractivity (Wildman–Crippen MR) is 70.5 cm³/mol. The summed E-state index contributed by atoms with van der Waals surface area (Å²) in [4.78, 5) is 4.46. The number of aromatic nitrogens is 2. The Bertz CT molecular complexity index is 550. The van der Waals surface area contributed by atoms with Crippen molar-refractivity contribution in [1.29, 1.82) is 0 Å². The van der Waals surface area contributed by atoms with E-state index in [1.54, 1.807) is 24.3 Å². The molecule has 0 spiro atoms. The van der Waals surface area contributed by atoms with E-state index in [-0.39, 0.29) is 11.8 Å². The van der Waals surface area contributed by atoms with Crippen molar-refractivity contribution in [3.8, 4) is 17.1 Å². The molecule has 2 N–H and O–H groups in total. The molecule has 5 heteroatoms. The van der Waals surface area contributed by atoms with E-state index < -0.39 is 0 Å². The van der Waals surface area contributed by atoms with Crippen molar-refractivity contribution in [2.45, 2.75) is 25.8 Å². The third kappa shape index (κ3) is 2.46. The molecule has 0 aliphatic carbocycles. The third-order valence-corrected chi connectivity index (χ3v) is 3.60. The summed E-state index contributed by atoms with van der Waals surface area (Å²) in [5.74, 6) is 1.95. The summed E-state index contributed by atoms with van der Waals surface area (Å²) in [5.41, 5.74) is 0.844. The van der Waals surface area contributed by atoms with Crippen molar-refractivity contribution in [3.05, 3.63) is 30.2 Å². The van der Waals surface area contributed by atoms with Crippen LogP contribution in [0.15, 0.2) is 28.8 Å². The number of rotatable bonds is 2. The van der Waals surface area contributed by atoms with E-state index in [4.69, 9.17) is 4.52 Å². The molecule has 0 saturated carbocycles. The summed E-state index contributed by atoms with van der Waals surface area (Å²) in [6.07, 6.45) is 2.37. The topological polar surface area (TPSA) is 71.2 Å². The first-order valence-electron chi connectivity index (χ1n) is 6.60. The molecule has 0 bridgehead atoms. The second-order valence-electron chi connectivity index (χ2n) is 5.05. The largest absolute Gasteiger partial charge is 0.508 e. The lowest BCUT2D eigenvalue weighted by Gasteiger charge is -2.26. The molecule has 1 fully saturated rings. The zero-order valence-corrected chi connectivity index (χ0v) is 10.8. The van der Waals surface area contributed by atoms with Gasteiger partial charge in [0.1, 0.15) is 5.75 Å². The number of hydrogen-bond donors (Lipinski definition) is 2. The van der Waals surface area contributed by atoms with Gasteiger partial charge in [-0.3, -0.25) is 0 Å². The molecular weight excluding hydrogens is 242 g/mol. The highest BCUT2D eigenvalue weighted by molar-refractivity contribution is 5.55. The predicted octanol–water partition coefficient (Wildman–Crippen LogP) is 2.50. The van der Waals surface area contributed by atoms with Gasteiger partial charge in [0.2, 0.25) is 11.7 Å². The first-order chi connectivity index (χ1) is 9.24. The molecule has 100 valence electrons. The van der Waals surface area contributed by atoms with Gasteiger partial charge >= 0.3 is 0 Å². The number of phenols is 1. The molecule has 3 rings (SSSR count). The number of aromatic hydroxyl groups is 1. The quantitative estimate of drug-likeness (QED) is 0.867. The van der Waals surface area contributed by atoms with Crippen LogP contribution < -0.4 is 5.32 Å². The van der Waals surface area contributed by atoms with Crippen LogP contribution >= 0.6 is 0 Å². The van der Waals surface area contributed by atoms with Gasteiger partial charge in [0.05, 0.1) is 6.04 Å². The van der Waals surface area contributed by atoms with Crippen LogP contribution in [0.2, 0.25) is 0 Å². The van der Waals surface area contributed by atoms with Crippen molar-refractivity contribution in [3.63, 3.8) is 0 Å². The molecule has 0 radical (unpaired) electrons. The Labute approximate surface area is 111 Å². The number of hydrogen-bond acceptors (Lipinski definition) is 5. The first-order valence-corrected chi connectivity index (χ1v) is 6.60. The Morgan fingerprint density at radius 3 is 2.84 bits per heavy atom. The van der Waals surface area contributed by atoms with Gasteiger partial charge in [-0.2, -0.15) is 4.98 Å². The number of phenolic OH excluding ortho intramolecular Hbond substituents is 1. The summed E-state index contributed by atoms with van der Waals surface area (Å²) in [6, 6.07) is 6.94. The third-order valence-electron chi connectivity index (χ3n) is 3.60. The second kappa shape index (κ2) is 5.01. The monoisotopic (exact) mass is 259 g/mol. The maximum atomic E-state index is 9.27. The van der Waals surface area contributed by atoms with Crippen LogP contribution in [-0.4, -0.2) is 21.8 Å². The summed E-state index contributed by atoms with van der Waals surface area (Å²) < 4.78 is 5.37. The summed E-state index contributed by atoms with van der Waals surface area (Å²) >= 11 is 0. The average molecular weight is 259 g/mol. The Kier molecular flexibility index (Phi) is 3.21. The van der Waals surface area contributed by atoms with Gasteiger partial charge in [0, 0.05) is 5.56 Å². The number of piperidine rings is 1. The molecule has 0 amide bonds. The van der Waals surface area contributed by atoms with Gasteiger partial charge in [-0.1, -0.05) is 12.1 Å². The molecule has 1 aliphatic heterocycles. The standard InChI is InChI=1S/C14H17N3O2/c1-9-3-2-8-15-12(9)14-16-13(17-19-14)10-4-6-11(18)7-5-10/h4-7,9,12,15,18H,2-3,8H2,1H3. The minimum atomic E-state index is 0.145. The van der Waals surface area contributed by atoms with E-state index in [2.05, 4.69) is 22.4 Å². The van der Waals surface area contributed by atoms with Crippen molar-refractivity contribution < 1.29 is 9.63 Å². The van der Waals surface area contributed by atoms with E-state index in [0.29, 0.717) is 17.6 Å². The number of benzene rings is 1. The molecule has 2 unspecified atom stereocenters. The first kappa shape index (κ1) is 12.2. The lowest BCUT2D eigenvalue weighted by molar-refractivity contribution is 0.239. The lowest BCUT2D eigenvalue weighted by Crippen LogP contribution is -2.33. The van der Waals surface area contributed by atoms with Crippen LogP contribution in [0, 0.1) is 5.92 Å². The van der Waals surface area contributed by atoms with Crippen LogP contribution in [0.3, 0.4) is 0 Å². The van der Waals surface area contributed by atoms with Gasteiger partial charge in [0.25, 0.3) is 0 Å². The van der Waals surface area contributed by atoms with Crippen LogP contribution in [0.25, 0.3) is 11.4 Å². The zero-order valence-electron chi connectivity index (χ0n) is 10.8. The van der Waals surface area contributed by atoms with Gasteiger partial charge in [-0.25, -0.2) is 0 Å². The molecule has 5 nitrogen and oxygen atoms in total. The molecular formula is C14H17N3O2. The van der Waals surface area contributed by atoms with E-state index in [0.717, 1.165) is 12.1 Å². The van der Waals surface area contributed by atoms with E-state index in [9.17, 15) is 5.11 Å². The zero-order chi connectivity index (χ0) is 13.2. The Hall–Kier alpha value is -1.88. The molecule has 2 aromatic rings. The molecule has 2 atom stereocenters. The summed E-state index contributed by atoms with van der Waals surface area (Å²) in [5, 5.41) is 16.7. The fourth-order valence-corrected chi connectivity index (χ4v) is 2.47. The Morgan fingerprint density at radius 1 is 1.32 bits per heavy atom. The van der Waals surface area contributed by atoms with Gasteiger partial charge in [0.15, 0.2) is 0 Å². The lowest BCUT2D eigenvalue weighted by atomic mass is 9.93. The van der Waals surface area contributed by atoms with E-state index >= 15 is 0 Å². The Balaban J connectivity index is 1.84. The molecule has 1 aliphatic rings. The Morgan fingerprint density at radius 2 is 2.11 bits per heavy atom. The van der Waals surface area contributed by atoms with Crippen molar-refractivity contribution >= 4 is 0 Å². The van der Waals surface area contributed by atoms with E-state index in [1.807, 2.05) is 0 Å². The smallest absolute Gasteiger partial charge is 0.244 e. The molecule has 1 aromatic carbocycles. The second-order valence-corrected chi connectivity index (χ2v) is 5.05. The normalized spacial score (nSPS) is 23.4. The maximum Gasteiger partial charge on any atom is 0.244 e. The minimum Gasteiger partial charge on any atom is -0.508 e. The average Bonchev–Trinajstić information content (AvgIpc) is 2.89. The van der Waals surface area contributed by atoms with Gasteiger partial charge in [-0.15, -0.1) is 0 Å². The molecule has 1 saturated heterocycles. The van der Waals surface area contributed by atoms with Crippen molar-refractivity contribution in [2.75, 3.05) is 6.54 Å². The summed E-state index contributed by atoms with van der Waals surface area (Å²) in [7, 11) is 0. The van der Waals surface area contributed by atoms with Crippen LogP contribution in [0.1, 0.15) is 31.7 Å². The fraction of sp³-hybridized carbons (Fsp3) is 0.429. The van der Waals surface area contributed by atoms with Gasteiger partial charge in [-0.05, 0) is 49.6 Å².